The molecule has 2 rings (SSSR count). The van der Waals surface area contributed by atoms with Crippen molar-refractivity contribution in [2.24, 2.45) is 0 Å². The van der Waals surface area contributed by atoms with E-state index in [2.05, 4.69) is 5.32 Å². The van der Waals surface area contributed by atoms with Crippen LogP contribution in [0.1, 0.15) is 0 Å². The number of rotatable bonds is 3. The van der Waals surface area contributed by atoms with Crippen LogP contribution in [0.5, 0.6) is 0 Å². The summed E-state index contributed by atoms with van der Waals surface area (Å²) >= 11 is 0. The zero-order chi connectivity index (χ0) is 12.3. The van der Waals surface area contributed by atoms with Gasteiger partial charge >= 0.3 is 0 Å². The van der Waals surface area contributed by atoms with Gasteiger partial charge in [0.05, 0.1) is 17.6 Å². The van der Waals surface area contributed by atoms with Gasteiger partial charge in [0.15, 0.2) is 0 Å². The Balaban J connectivity index is 2.27. The Labute approximate surface area is 99.8 Å². The van der Waals surface area contributed by atoms with E-state index < -0.39 is 16.1 Å². The van der Waals surface area contributed by atoms with Crippen molar-refractivity contribution in [1.29, 1.82) is 0 Å². The van der Waals surface area contributed by atoms with Crippen LogP contribution >= 0.6 is 0 Å². The van der Waals surface area contributed by atoms with Crippen molar-refractivity contribution < 1.29 is 13.2 Å². The molecule has 17 heavy (non-hydrogen) atoms. The highest BCUT2D eigenvalue weighted by Crippen LogP contribution is 2.16. The van der Waals surface area contributed by atoms with Gasteiger partial charge in [-0.3, -0.25) is 9.62 Å². The third-order valence-electron chi connectivity index (χ3n) is 2.44. The average Bonchev–Trinajstić information content (AvgIpc) is 2.40. The van der Waals surface area contributed by atoms with Gasteiger partial charge in [0, 0.05) is 6.20 Å². The lowest BCUT2D eigenvalue weighted by atomic mass is 10.3. The van der Waals surface area contributed by atoms with Gasteiger partial charge in [-0.05, 0) is 18.2 Å². The molecule has 6 heteroatoms. The van der Waals surface area contributed by atoms with Crippen LogP contribution in [0.4, 0.5) is 0 Å². The van der Waals surface area contributed by atoms with Gasteiger partial charge in [0.25, 0.3) is 10.0 Å². The van der Waals surface area contributed by atoms with Crippen LogP contribution in [0, 0.1) is 0 Å². The molecule has 0 aliphatic carbocycles. The lowest BCUT2D eigenvalue weighted by Gasteiger charge is -2.26. The number of benzene rings is 1. The summed E-state index contributed by atoms with van der Waals surface area (Å²) in [5.41, 5.74) is 0. The van der Waals surface area contributed by atoms with Crippen LogP contribution in [-0.2, 0) is 14.8 Å². The molecule has 0 fully saturated rings. The Morgan fingerprint density at radius 3 is 2.53 bits per heavy atom. The molecule has 1 aliphatic heterocycles. The fourth-order valence-electron chi connectivity index (χ4n) is 1.49. The van der Waals surface area contributed by atoms with E-state index in [9.17, 15) is 13.2 Å². The number of hydrogen-bond donors (Lipinski definition) is 1. The number of sulfonamides is 1. The van der Waals surface area contributed by atoms with Crippen molar-refractivity contribution in [2.45, 2.75) is 10.9 Å². The van der Waals surface area contributed by atoms with Crippen LogP contribution < -0.4 is 5.32 Å². The summed E-state index contributed by atoms with van der Waals surface area (Å²) < 4.78 is 25.4. The summed E-state index contributed by atoms with van der Waals surface area (Å²) in [5, 5.41) is 2.79. The van der Waals surface area contributed by atoms with Gasteiger partial charge in [-0.2, -0.15) is 0 Å². The van der Waals surface area contributed by atoms with E-state index in [1.165, 1.54) is 28.7 Å². The standard InChI is InChI=1S/C11H12N2O3S/c14-8-10-6-7-13(9-12-10)17(15,16)11-4-2-1-3-5-11/h1-8,10,12H,9H2. The predicted octanol–water partition coefficient (Wildman–Crippen LogP) is 0.319. The first kappa shape index (κ1) is 11.8. The van der Waals surface area contributed by atoms with E-state index in [0.717, 1.165) is 6.29 Å². The van der Waals surface area contributed by atoms with Gasteiger partial charge in [-0.1, -0.05) is 18.2 Å². The second-order valence-corrected chi connectivity index (χ2v) is 5.46. The Kier molecular flexibility index (Phi) is 3.26. The number of hydrogen-bond acceptors (Lipinski definition) is 4. The fraction of sp³-hybridized carbons (Fsp3) is 0.182. The molecule has 1 aliphatic rings. The van der Waals surface area contributed by atoms with Crippen LogP contribution in [-0.4, -0.2) is 31.7 Å². The molecule has 5 nitrogen and oxygen atoms in total. The van der Waals surface area contributed by atoms with Crippen molar-refractivity contribution in [3.63, 3.8) is 0 Å². The summed E-state index contributed by atoms with van der Waals surface area (Å²) in [6, 6.07) is 7.75. The third-order valence-corrected chi connectivity index (χ3v) is 4.18. The van der Waals surface area contributed by atoms with E-state index in [0.29, 0.717) is 0 Å². The molecule has 0 aromatic heterocycles. The number of carbonyl (C=O) groups excluding carboxylic acids is 1. The minimum absolute atomic E-state index is 0.0944. The third kappa shape index (κ3) is 2.37. The van der Waals surface area contributed by atoms with Crippen LogP contribution in [0.2, 0.25) is 0 Å². The van der Waals surface area contributed by atoms with E-state index in [1.54, 1.807) is 18.2 Å². The topological polar surface area (TPSA) is 66.5 Å². The van der Waals surface area contributed by atoms with Crippen molar-refractivity contribution in [2.75, 3.05) is 6.67 Å². The molecule has 1 unspecified atom stereocenters. The summed E-state index contributed by atoms with van der Waals surface area (Å²) in [6.07, 6.45) is 3.65. The number of nitrogens with zero attached hydrogens (tertiary/aromatic N) is 1. The normalized spacial score (nSPS) is 20.2. The Morgan fingerprint density at radius 2 is 2.00 bits per heavy atom. The molecule has 1 atom stereocenters. The molecule has 1 aromatic rings. The van der Waals surface area contributed by atoms with Crippen LogP contribution in [0.25, 0.3) is 0 Å². The molecule has 90 valence electrons. The van der Waals surface area contributed by atoms with Crippen LogP contribution in [0.3, 0.4) is 0 Å². The zero-order valence-corrected chi connectivity index (χ0v) is 9.80. The van der Waals surface area contributed by atoms with Gasteiger partial charge in [-0.15, -0.1) is 0 Å². The number of aldehydes is 1. The first-order chi connectivity index (χ1) is 8.14. The lowest BCUT2D eigenvalue weighted by Crippen LogP contribution is -2.44. The monoisotopic (exact) mass is 252 g/mol. The summed E-state index contributed by atoms with van der Waals surface area (Å²) in [5.74, 6) is 0. The first-order valence-electron chi connectivity index (χ1n) is 5.08. The maximum atomic E-state index is 12.1. The summed E-state index contributed by atoms with van der Waals surface area (Å²) in [7, 11) is -3.53. The smallest absolute Gasteiger partial charge is 0.264 e. The van der Waals surface area contributed by atoms with Gasteiger partial charge < -0.3 is 4.79 Å². The van der Waals surface area contributed by atoms with E-state index >= 15 is 0 Å². The molecule has 0 radical (unpaired) electrons. The van der Waals surface area contributed by atoms with E-state index in [1.807, 2.05) is 0 Å². The highest BCUT2D eigenvalue weighted by molar-refractivity contribution is 7.89. The molecular formula is C11H12N2O3S. The van der Waals surface area contributed by atoms with Crippen molar-refractivity contribution in [1.82, 2.24) is 9.62 Å². The molecule has 0 spiro atoms. The maximum absolute atomic E-state index is 12.1. The lowest BCUT2D eigenvalue weighted by molar-refractivity contribution is -0.108. The molecule has 0 amide bonds. The maximum Gasteiger partial charge on any atom is 0.264 e. The van der Waals surface area contributed by atoms with Gasteiger partial charge in [0.1, 0.15) is 6.29 Å². The Hall–Kier alpha value is -1.66. The molecule has 1 N–H and O–H groups in total. The quantitative estimate of drug-likeness (QED) is 0.787. The zero-order valence-electron chi connectivity index (χ0n) is 8.98. The minimum Gasteiger partial charge on any atom is -0.301 e. The SMILES string of the molecule is O=CC1C=CN(S(=O)(=O)c2ccccc2)CN1. The predicted molar refractivity (Wildman–Crippen MR) is 62.5 cm³/mol. The summed E-state index contributed by atoms with van der Waals surface area (Å²) in [4.78, 5) is 10.7. The largest absolute Gasteiger partial charge is 0.301 e. The first-order valence-corrected chi connectivity index (χ1v) is 6.52. The Bertz CT molecular complexity index is 525. The summed E-state index contributed by atoms with van der Waals surface area (Å²) in [6.45, 7) is 0.0944. The second kappa shape index (κ2) is 4.68. The Morgan fingerprint density at radius 1 is 1.29 bits per heavy atom. The molecular weight excluding hydrogens is 240 g/mol. The highest BCUT2D eigenvalue weighted by atomic mass is 32.2. The van der Waals surface area contributed by atoms with E-state index in [-0.39, 0.29) is 11.6 Å². The minimum atomic E-state index is -3.53. The molecule has 0 saturated heterocycles. The number of carbonyl (C=O) groups is 1. The van der Waals surface area contributed by atoms with Crippen molar-refractivity contribution in [3.8, 4) is 0 Å². The van der Waals surface area contributed by atoms with Crippen molar-refractivity contribution in [3.05, 3.63) is 42.6 Å². The van der Waals surface area contributed by atoms with E-state index in [4.69, 9.17) is 0 Å². The highest BCUT2D eigenvalue weighted by Gasteiger charge is 2.24. The molecule has 1 heterocycles. The molecule has 0 saturated carbocycles. The number of nitrogens with one attached hydrogen (secondary N) is 1. The average molecular weight is 252 g/mol. The van der Waals surface area contributed by atoms with Gasteiger partial charge in [-0.25, -0.2) is 8.42 Å². The van der Waals surface area contributed by atoms with Crippen molar-refractivity contribution >= 4 is 16.3 Å². The second-order valence-electron chi connectivity index (χ2n) is 3.57. The van der Waals surface area contributed by atoms with Crippen LogP contribution in [0.15, 0.2) is 47.5 Å². The fourth-order valence-corrected chi connectivity index (χ4v) is 2.74. The molecule has 0 bridgehead atoms. The van der Waals surface area contributed by atoms with Gasteiger partial charge in [0.2, 0.25) is 0 Å². The molecule has 1 aromatic carbocycles.